The second-order valence-corrected chi connectivity index (χ2v) is 4.75. The summed E-state index contributed by atoms with van der Waals surface area (Å²) in [5.41, 5.74) is 5.73. The maximum absolute atomic E-state index is 11.8. The smallest absolute Gasteiger partial charge is 0.225 e. The van der Waals surface area contributed by atoms with Gasteiger partial charge in [0.2, 0.25) is 5.91 Å². The van der Waals surface area contributed by atoms with E-state index < -0.39 is 0 Å². The Hall–Kier alpha value is -0.0300. The molecule has 4 nitrogen and oxygen atoms in total. The molecule has 17 heavy (non-hydrogen) atoms. The van der Waals surface area contributed by atoms with Crippen LogP contribution in [-0.2, 0) is 4.79 Å². The lowest BCUT2D eigenvalue weighted by Gasteiger charge is -2.34. The summed E-state index contributed by atoms with van der Waals surface area (Å²) >= 11 is 0. The van der Waals surface area contributed by atoms with Crippen LogP contribution in [0.15, 0.2) is 0 Å². The third-order valence-corrected chi connectivity index (χ3v) is 3.69. The minimum atomic E-state index is 0. The first-order valence-corrected chi connectivity index (χ1v) is 6.02. The van der Waals surface area contributed by atoms with Crippen LogP contribution in [0.25, 0.3) is 0 Å². The van der Waals surface area contributed by atoms with Crippen LogP contribution in [0.4, 0.5) is 0 Å². The van der Waals surface area contributed by atoms with Gasteiger partial charge in [0.1, 0.15) is 0 Å². The molecule has 1 aliphatic heterocycles. The van der Waals surface area contributed by atoms with Crippen LogP contribution in [0.2, 0.25) is 0 Å². The zero-order valence-electron chi connectivity index (χ0n) is 9.98. The summed E-state index contributed by atoms with van der Waals surface area (Å²) in [6.07, 6.45) is 4.77. The lowest BCUT2D eigenvalue weighted by atomic mass is 9.84. The van der Waals surface area contributed by atoms with Gasteiger partial charge in [-0.15, -0.1) is 24.8 Å². The Morgan fingerprint density at radius 1 is 1.24 bits per heavy atom. The molecule has 1 aliphatic carbocycles. The van der Waals surface area contributed by atoms with Gasteiger partial charge in [0.15, 0.2) is 0 Å². The van der Waals surface area contributed by atoms with Crippen LogP contribution in [0, 0.1) is 11.8 Å². The molecular weight excluding hydrogens is 261 g/mol. The van der Waals surface area contributed by atoms with Gasteiger partial charge in [-0.1, -0.05) is 12.8 Å². The van der Waals surface area contributed by atoms with Gasteiger partial charge >= 0.3 is 0 Å². The maximum Gasteiger partial charge on any atom is 0.225 e. The average molecular weight is 284 g/mol. The average Bonchev–Trinajstić information content (AvgIpc) is 2.15. The van der Waals surface area contributed by atoms with Crippen LogP contribution in [0.1, 0.15) is 25.7 Å². The number of hydrogen-bond donors (Lipinski definition) is 3. The summed E-state index contributed by atoms with van der Waals surface area (Å²) in [6.45, 7) is 2.38. The van der Waals surface area contributed by atoms with Crippen molar-refractivity contribution in [3.63, 3.8) is 0 Å². The molecule has 0 aromatic rings. The number of halogens is 2. The number of nitrogens with two attached hydrogens (primary N) is 1. The van der Waals surface area contributed by atoms with Crippen molar-refractivity contribution in [3.8, 4) is 0 Å². The van der Waals surface area contributed by atoms with Gasteiger partial charge in [0, 0.05) is 19.1 Å². The molecule has 0 aromatic carbocycles. The summed E-state index contributed by atoms with van der Waals surface area (Å²) in [4.78, 5) is 11.8. The molecule has 1 saturated heterocycles. The fraction of sp³-hybridized carbons (Fsp3) is 0.909. The summed E-state index contributed by atoms with van der Waals surface area (Å²) < 4.78 is 0. The second-order valence-electron chi connectivity index (χ2n) is 4.75. The highest BCUT2D eigenvalue weighted by Gasteiger charge is 2.30. The standard InChI is InChI=1S/C11H21N3O.2ClH/c12-5-8-3-1-2-4-10(8)14-11(15)9-6-13-7-9;;/h8-10,13H,1-7,12H2,(H,14,15);2*1H. The Morgan fingerprint density at radius 3 is 2.41 bits per heavy atom. The Morgan fingerprint density at radius 2 is 1.88 bits per heavy atom. The monoisotopic (exact) mass is 283 g/mol. The summed E-state index contributed by atoms with van der Waals surface area (Å²) in [6, 6.07) is 0.330. The molecule has 1 saturated carbocycles. The fourth-order valence-corrected chi connectivity index (χ4v) is 2.45. The van der Waals surface area contributed by atoms with Gasteiger partial charge in [-0.2, -0.15) is 0 Å². The van der Waals surface area contributed by atoms with Gasteiger partial charge in [0.05, 0.1) is 5.92 Å². The normalized spacial score (nSPS) is 28.3. The van der Waals surface area contributed by atoms with Crippen molar-refractivity contribution in [3.05, 3.63) is 0 Å². The molecule has 6 heteroatoms. The third kappa shape index (κ3) is 4.28. The first-order chi connectivity index (χ1) is 7.31. The predicted octanol–water partition coefficient (Wildman–Crippen LogP) is 0.683. The van der Waals surface area contributed by atoms with Crippen LogP contribution in [0.3, 0.4) is 0 Å². The van der Waals surface area contributed by atoms with E-state index in [1.807, 2.05) is 0 Å². The van der Waals surface area contributed by atoms with E-state index in [4.69, 9.17) is 5.73 Å². The summed E-state index contributed by atoms with van der Waals surface area (Å²) in [5, 5.41) is 6.28. The Kier molecular flexibility index (Phi) is 8.12. The largest absolute Gasteiger partial charge is 0.353 e. The highest BCUT2D eigenvalue weighted by atomic mass is 35.5. The van der Waals surface area contributed by atoms with Gasteiger partial charge in [-0.05, 0) is 25.3 Å². The van der Waals surface area contributed by atoms with E-state index in [2.05, 4.69) is 10.6 Å². The van der Waals surface area contributed by atoms with Crippen LogP contribution in [0.5, 0.6) is 0 Å². The quantitative estimate of drug-likeness (QED) is 0.714. The predicted molar refractivity (Wildman–Crippen MR) is 73.8 cm³/mol. The molecular formula is C11H23Cl2N3O. The Bertz CT molecular complexity index is 237. The zero-order valence-corrected chi connectivity index (χ0v) is 11.6. The van der Waals surface area contributed by atoms with Crippen molar-refractivity contribution in [1.29, 1.82) is 0 Å². The lowest BCUT2D eigenvalue weighted by molar-refractivity contribution is -0.127. The molecule has 1 heterocycles. The highest BCUT2D eigenvalue weighted by molar-refractivity contribution is 5.85. The number of carbonyl (C=O) groups is 1. The number of rotatable bonds is 3. The molecule has 0 aromatic heterocycles. The van der Waals surface area contributed by atoms with Crippen molar-refractivity contribution in [2.24, 2.45) is 17.6 Å². The van der Waals surface area contributed by atoms with Gasteiger partial charge in [-0.25, -0.2) is 0 Å². The van der Waals surface area contributed by atoms with E-state index in [1.165, 1.54) is 19.3 Å². The number of hydrogen-bond acceptors (Lipinski definition) is 3. The van der Waals surface area contributed by atoms with E-state index in [1.54, 1.807) is 0 Å². The van der Waals surface area contributed by atoms with Gasteiger partial charge < -0.3 is 16.4 Å². The molecule has 102 valence electrons. The van der Waals surface area contributed by atoms with Crippen molar-refractivity contribution < 1.29 is 4.79 Å². The SMILES string of the molecule is Cl.Cl.NCC1CCCCC1NC(=O)C1CNC1. The summed E-state index contributed by atoms with van der Waals surface area (Å²) in [7, 11) is 0. The molecule has 2 unspecified atom stereocenters. The Labute approximate surface area is 115 Å². The van der Waals surface area contributed by atoms with Gasteiger partial charge in [-0.3, -0.25) is 4.79 Å². The first-order valence-electron chi connectivity index (χ1n) is 6.02. The van der Waals surface area contributed by atoms with Crippen LogP contribution >= 0.6 is 24.8 Å². The van der Waals surface area contributed by atoms with Crippen LogP contribution < -0.4 is 16.4 Å². The summed E-state index contributed by atoms with van der Waals surface area (Å²) in [5.74, 6) is 0.917. The minimum absolute atomic E-state index is 0. The number of nitrogens with one attached hydrogen (secondary N) is 2. The van der Waals surface area contributed by atoms with E-state index in [-0.39, 0.29) is 36.6 Å². The Balaban J connectivity index is 0.00000128. The van der Waals surface area contributed by atoms with E-state index >= 15 is 0 Å². The molecule has 2 aliphatic rings. The maximum atomic E-state index is 11.8. The van der Waals surface area contributed by atoms with E-state index in [9.17, 15) is 4.79 Å². The third-order valence-electron chi connectivity index (χ3n) is 3.69. The number of amides is 1. The second kappa shape index (κ2) is 8.14. The molecule has 2 atom stereocenters. The zero-order chi connectivity index (χ0) is 10.7. The molecule has 2 fully saturated rings. The van der Waals surface area contributed by atoms with Crippen molar-refractivity contribution >= 4 is 30.7 Å². The molecule has 0 radical (unpaired) electrons. The number of carbonyl (C=O) groups excluding carboxylic acids is 1. The molecule has 4 N–H and O–H groups in total. The van der Waals surface area contributed by atoms with E-state index in [0.717, 1.165) is 19.5 Å². The van der Waals surface area contributed by atoms with Crippen molar-refractivity contribution in [1.82, 2.24) is 10.6 Å². The molecule has 0 spiro atoms. The molecule has 1 amide bonds. The fourth-order valence-electron chi connectivity index (χ4n) is 2.45. The topological polar surface area (TPSA) is 67.1 Å². The van der Waals surface area contributed by atoms with Crippen molar-refractivity contribution in [2.45, 2.75) is 31.7 Å². The van der Waals surface area contributed by atoms with Crippen LogP contribution in [-0.4, -0.2) is 31.6 Å². The minimum Gasteiger partial charge on any atom is -0.353 e. The lowest BCUT2D eigenvalue weighted by Crippen LogP contribution is -2.54. The molecule has 0 bridgehead atoms. The molecule has 2 rings (SSSR count). The first kappa shape index (κ1) is 17.0. The van der Waals surface area contributed by atoms with E-state index in [0.29, 0.717) is 18.5 Å². The van der Waals surface area contributed by atoms with Crippen molar-refractivity contribution in [2.75, 3.05) is 19.6 Å². The van der Waals surface area contributed by atoms with Gasteiger partial charge in [0.25, 0.3) is 0 Å². The highest BCUT2D eigenvalue weighted by Crippen LogP contribution is 2.23.